The molecular formula is C19H14F2N2O. The number of fused-ring (bicyclic) bond motifs is 1. The van der Waals surface area contributed by atoms with Crippen LogP contribution in [0.5, 0.6) is 0 Å². The molecule has 0 N–H and O–H groups in total. The second kappa shape index (κ2) is 5.67. The second-order valence-electron chi connectivity index (χ2n) is 5.97. The van der Waals surface area contributed by atoms with Crippen molar-refractivity contribution in [1.82, 2.24) is 9.78 Å². The lowest BCUT2D eigenvalue weighted by Crippen LogP contribution is -2.20. The molecular weight excluding hydrogens is 310 g/mol. The molecule has 0 fully saturated rings. The first-order chi connectivity index (χ1) is 11.6. The predicted octanol–water partition coefficient (Wildman–Crippen LogP) is 4.06. The predicted molar refractivity (Wildman–Crippen MR) is 85.3 cm³/mol. The third-order valence-corrected chi connectivity index (χ3v) is 4.45. The first-order valence-corrected chi connectivity index (χ1v) is 7.73. The van der Waals surface area contributed by atoms with E-state index >= 15 is 0 Å². The number of rotatable bonds is 2. The molecule has 0 radical (unpaired) electrons. The summed E-state index contributed by atoms with van der Waals surface area (Å²) >= 11 is 0. The Morgan fingerprint density at radius 2 is 1.54 bits per heavy atom. The molecule has 0 bridgehead atoms. The Bertz CT molecular complexity index is 898. The molecule has 120 valence electrons. The van der Waals surface area contributed by atoms with E-state index in [9.17, 15) is 13.6 Å². The van der Waals surface area contributed by atoms with Crippen LogP contribution in [-0.2, 0) is 6.42 Å². The highest BCUT2D eigenvalue weighted by molar-refractivity contribution is 5.98. The summed E-state index contributed by atoms with van der Waals surface area (Å²) < 4.78 is 27.9. The maximum Gasteiger partial charge on any atom is 0.166 e. The summed E-state index contributed by atoms with van der Waals surface area (Å²) in [6, 6.07) is 12.3. The molecule has 0 aliphatic heterocycles. The summed E-state index contributed by atoms with van der Waals surface area (Å²) in [5.41, 5.74) is 3.07. The number of hydrogen-bond acceptors (Lipinski definition) is 2. The van der Waals surface area contributed by atoms with Gasteiger partial charge < -0.3 is 0 Å². The van der Waals surface area contributed by atoms with Gasteiger partial charge in [-0.15, -0.1) is 0 Å². The van der Waals surface area contributed by atoms with Gasteiger partial charge in [0.15, 0.2) is 5.78 Å². The molecule has 0 amide bonds. The van der Waals surface area contributed by atoms with Gasteiger partial charge in [-0.3, -0.25) is 4.79 Å². The van der Waals surface area contributed by atoms with Gasteiger partial charge in [0.2, 0.25) is 0 Å². The van der Waals surface area contributed by atoms with Gasteiger partial charge in [-0.1, -0.05) is 12.1 Å². The van der Waals surface area contributed by atoms with Crippen molar-refractivity contribution in [3.63, 3.8) is 0 Å². The Morgan fingerprint density at radius 3 is 2.21 bits per heavy atom. The van der Waals surface area contributed by atoms with Gasteiger partial charge in [-0.2, -0.15) is 5.10 Å². The summed E-state index contributed by atoms with van der Waals surface area (Å²) in [5.74, 6) is -0.599. The fourth-order valence-electron chi connectivity index (χ4n) is 3.22. The van der Waals surface area contributed by atoms with Crippen LogP contribution in [0, 0.1) is 11.6 Å². The minimum Gasteiger partial charge on any atom is -0.294 e. The Labute approximate surface area is 137 Å². The Balaban J connectivity index is 1.73. The second-order valence-corrected chi connectivity index (χ2v) is 5.97. The van der Waals surface area contributed by atoms with Crippen molar-refractivity contribution in [2.45, 2.75) is 18.8 Å². The lowest BCUT2D eigenvalue weighted by molar-refractivity contribution is 0.0963. The Kier molecular flexibility index (Phi) is 3.49. The number of nitrogens with zero attached hydrogens (tertiary/aromatic N) is 2. The highest BCUT2D eigenvalue weighted by atomic mass is 19.1. The van der Waals surface area contributed by atoms with Crippen molar-refractivity contribution < 1.29 is 13.6 Å². The minimum atomic E-state index is -0.319. The van der Waals surface area contributed by atoms with Crippen LogP contribution in [0.4, 0.5) is 8.78 Å². The fraction of sp³-hybridized carbons (Fsp3) is 0.158. The Hall–Kier alpha value is -2.82. The zero-order valence-corrected chi connectivity index (χ0v) is 12.7. The normalized spacial score (nSPS) is 16.9. The van der Waals surface area contributed by atoms with Crippen molar-refractivity contribution in [3.05, 3.63) is 83.2 Å². The molecule has 24 heavy (non-hydrogen) atoms. The Morgan fingerprint density at radius 1 is 0.917 bits per heavy atom. The summed E-state index contributed by atoms with van der Waals surface area (Å²) in [5, 5.41) is 4.30. The van der Waals surface area contributed by atoms with Crippen molar-refractivity contribution in [2.75, 3.05) is 0 Å². The molecule has 1 heterocycles. The standard InChI is InChI=1S/C19H14F2N2O/c20-14-3-1-12(2-4-14)13-9-18-17(19(24)10-13)11-22-23(18)16-7-5-15(21)6-8-16/h1-8,11,13H,9-10H2/t13-/m0/s1. The maximum absolute atomic E-state index is 13.1. The van der Waals surface area contributed by atoms with Gasteiger partial charge in [0.05, 0.1) is 23.1 Å². The van der Waals surface area contributed by atoms with Crippen molar-refractivity contribution in [2.24, 2.45) is 0 Å². The van der Waals surface area contributed by atoms with Crippen LogP contribution in [0.25, 0.3) is 5.69 Å². The first-order valence-electron chi connectivity index (χ1n) is 7.73. The van der Waals surface area contributed by atoms with Gasteiger partial charge in [0.25, 0.3) is 0 Å². The smallest absolute Gasteiger partial charge is 0.166 e. The van der Waals surface area contributed by atoms with E-state index in [-0.39, 0.29) is 23.3 Å². The molecule has 1 aliphatic carbocycles. The molecule has 0 spiro atoms. The summed E-state index contributed by atoms with van der Waals surface area (Å²) in [6.07, 6.45) is 2.58. The largest absolute Gasteiger partial charge is 0.294 e. The maximum atomic E-state index is 13.1. The number of carbonyl (C=O) groups is 1. The molecule has 1 atom stereocenters. The van der Waals surface area contributed by atoms with Crippen molar-refractivity contribution in [3.8, 4) is 5.69 Å². The van der Waals surface area contributed by atoms with Crippen molar-refractivity contribution in [1.29, 1.82) is 0 Å². The molecule has 2 aromatic carbocycles. The quantitative estimate of drug-likeness (QED) is 0.712. The van der Waals surface area contributed by atoms with Gasteiger partial charge >= 0.3 is 0 Å². The molecule has 0 unspecified atom stereocenters. The van der Waals surface area contributed by atoms with E-state index < -0.39 is 0 Å². The van der Waals surface area contributed by atoms with Crippen LogP contribution >= 0.6 is 0 Å². The van der Waals surface area contributed by atoms with Gasteiger partial charge in [0, 0.05) is 6.42 Å². The van der Waals surface area contributed by atoms with Gasteiger partial charge in [-0.25, -0.2) is 13.5 Å². The number of benzene rings is 2. The third kappa shape index (κ3) is 2.52. The number of carbonyl (C=O) groups excluding carboxylic acids is 1. The molecule has 3 nitrogen and oxygen atoms in total. The van der Waals surface area contributed by atoms with Crippen LogP contribution in [0.15, 0.2) is 54.7 Å². The van der Waals surface area contributed by atoms with E-state index in [1.807, 2.05) is 0 Å². The van der Waals surface area contributed by atoms with Gasteiger partial charge in [-0.05, 0) is 54.3 Å². The SMILES string of the molecule is O=C1C[C@@H](c2ccc(F)cc2)Cc2c1cnn2-c1ccc(F)cc1. The van der Waals surface area contributed by atoms with E-state index in [1.54, 1.807) is 35.1 Å². The highest BCUT2D eigenvalue weighted by Gasteiger charge is 2.30. The summed E-state index contributed by atoms with van der Waals surface area (Å²) in [4.78, 5) is 12.4. The topological polar surface area (TPSA) is 34.9 Å². The van der Waals surface area contributed by atoms with Crippen LogP contribution in [-0.4, -0.2) is 15.6 Å². The molecule has 3 aromatic rings. The average molecular weight is 324 g/mol. The number of Topliss-reactive ketones (excluding diaryl/α,β-unsaturated/α-hetero) is 1. The molecule has 0 saturated carbocycles. The molecule has 4 rings (SSSR count). The number of hydrogen-bond donors (Lipinski definition) is 0. The molecule has 1 aromatic heterocycles. The van der Waals surface area contributed by atoms with E-state index in [0.29, 0.717) is 24.1 Å². The molecule has 1 aliphatic rings. The number of halogens is 2. The molecule has 5 heteroatoms. The number of ketones is 1. The van der Waals surface area contributed by atoms with E-state index in [2.05, 4.69) is 5.10 Å². The third-order valence-electron chi connectivity index (χ3n) is 4.45. The van der Waals surface area contributed by atoms with Crippen LogP contribution < -0.4 is 0 Å². The summed E-state index contributed by atoms with van der Waals surface area (Å²) in [6.45, 7) is 0. The monoisotopic (exact) mass is 324 g/mol. The minimum absolute atomic E-state index is 0.0125. The van der Waals surface area contributed by atoms with E-state index in [0.717, 1.165) is 11.3 Å². The lowest BCUT2D eigenvalue weighted by Gasteiger charge is -2.23. The number of aromatic nitrogens is 2. The highest BCUT2D eigenvalue weighted by Crippen LogP contribution is 2.33. The molecule has 0 saturated heterocycles. The summed E-state index contributed by atoms with van der Waals surface area (Å²) in [7, 11) is 0. The average Bonchev–Trinajstić information content (AvgIpc) is 3.01. The zero-order valence-electron chi connectivity index (χ0n) is 12.7. The first kappa shape index (κ1) is 14.8. The van der Waals surface area contributed by atoms with Crippen LogP contribution in [0.2, 0.25) is 0 Å². The van der Waals surface area contributed by atoms with E-state index in [4.69, 9.17) is 0 Å². The van der Waals surface area contributed by atoms with Gasteiger partial charge in [0.1, 0.15) is 11.6 Å². The fourth-order valence-corrected chi connectivity index (χ4v) is 3.22. The van der Waals surface area contributed by atoms with Crippen LogP contribution in [0.3, 0.4) is 0 Å². The zero-order chi connectivity index (χ0) is 16.7. The van der Waals surface area contributed by atoms with Crippen LogP contribution in [0.1, 0.15) is 34.0 Å². The van der Waals surface area contributed by atoms with E-state index in [1.165, 1.54) is 24.3 Å². The van der Waals surface area contributed by atoms with Crippen molar-refractivity contribution >= 4 is 5.78 Å². The lowest BCUT2D eigenvalue weighted by atomic mass is 9.82.